The van der Waals surface area contributed by atoms with Gasteiger partial charge in [-0.05, 0) is 30.3 Å². The van der Waals surface area contributed by atoms with Crippen LogP contribution in [-0.2, 0) is 13.7 Å². The topological polar surface area (TPSA) is 91.8 Å². The van der Waals surface area contributed by atoms with Gasteiger partial charge in [0.2, 0.25) is 5.82 Å². The Bertz CT molecular complexity index is 1080. The molecular weight excluding hydrogens is 375 g/mol. The zero-order valence-corrected chi connectivity index (χ0v) is 14.8. The second-order valence-electron chi connectivity index (χ2n) is 5.53. The molecule has 136 valence electrons. The molecule has 4 rings (SSSR count). The van der Waals surface area contributed by atoms with Gasteiger partial charge in [0.1, 0.15) is 5.82 Å². The molecule has 10 heteroatoms. The summed E-state index contributed by atoms with van der Waals surface area (Å²) in [5.74, 6) is 0.370. The third-order valence-electron chi connectivity index (χ3n) is 3.73. The Morgan fingerprint density at radius 2 is 2.00 bits per heavy atom. The average molecular weight is 387 g/mol. The second-order valence-corrected chi connectivity index (χ2v) is 5.97. The summed E-state index contributed by atoms with van der Waals surface area (Å²) in [5.41, 5.74) is 0.980. The summed E-state index contributed by atoms with van der Waals surface area (Å²) in [6.45, 7) is -0.0198. The zero-order valence-electron chi connectivity index (χ0n) is 14.0. The Balaban J connectivity index is 1.50. The van der Waals surface area contributed by atoms with Crippen LogP contribution in [0.25, 0.3) is 22.8 Å². The quantitative estimate of drug-likeness (QED) is 0.519. The van der Waals surface area contributed by atoms with Crippen molar-refractivity contribution in [3.05, 3.63) is 59.4 Å². The molecule has 8 nitrogen and oxygen atoms in total. The molecular formula is C17H12ClFN6O2. The number of hydrogen-bond donors (Lipinski definition) is 0. The predicted octanol–water partition coefficient (Wildman–Crippen LogP) is 3.30. The Morgan fingerprint density at radius 1 is 1.19 bits per heavy atom. The maximum Gasteiger partial charge on any atom is 0.317 e. The normalized spacial score (nSPS) is 10.9. The fourth-order valence-electron chi connectivity index (χ4n) is 2.41. The summed E-state index contributed by atoms with van der Waals surface area (Å²) >= 11 is 5.88. The van der Waals surface area contributed by atoms with Crippen molar-refractivity contribution in [2.75, 3.05) is 0 Å². The van der Waals surface area contributed by atoms with Crippen molar-refractivity contribution in [2.24, 2.45) is 7.05 Å². The molecule has 0 saturated heterocycles. The van der Waals surface area contributed by atoms with E-state index in [2.05, 4.69) is 25.3 Å². The van der Waals surface area contributed by atoms with E-state index in [1.807, 2.05) is 12.1 Å². The number of hydrogen-bond acceptors (Lipinski definition) is 7. The lowest BCUT2D eigenvalue weighted by atomic mass is 10.2. The van der Waals surface area contributed by atoms with E-state index in [0.29, 0.717) is 10.8 Å². The van der Waals surface area contributed by atoms with Crippen molar-refractivity contribution < 1.29 is 13.7 Å². The fourth-order valence-corrected chi connectivity index (χ4v) is 2.58. The van der Waals surface area contributed by atoms with Crippen LogP contribution in [0.2, 0.25) is 5.02 Å². The summed E-state index contributed by atoms with van der Waals surface area (Å²) in [4.78, 5) is 8.10. The van der Waals surface area contributed by atoms with E-state index in [9.17, 15) is 4.39 Å². The number of benzene rings is 1. The van der Waals surface area contributed by atoms with Crippen molar-refractivity contribution in [2.45, 2.75) is 6.61 Å². The molecule has 0 aliphatic carbocycles. The van der Waals surface area contributed by atoms with Gasteiger partial charge in [0, 0.05) is 30.0 Å². The Hall–Kier alpha value is -3.33. The minimum Gasteiger partial charge on any atom is -0.455 e. The van der Waals surface area contributed by atoms with E-state index >= 15 is 0 Å². The minimum atomic E-state index is -0.509. The van der Waals surface area contributed by atoms with Crippen molar-refractivity contribution in [3.63, 3.8) is 0 Å². The van der Waals surface area contributed by atoms with E-state index in [-0.39, 0.29) is 29.9 Å². The highest BCUT2D eigenvalue weighted by molar-refractivity contribution is 6.30. The van der Waals surface area contributed by atoms with Crippen LogP contribution in [0.4, 0.5) is 4.39 Å². The van der Waals surface area contributed by atoms with Gasteiger partial charge in [0.25, 0.3) is 5.89 Å². The maximum absolute atomic E-state index is 13.9. The third-order valence-corrected chi connectivity index (χ3v) is 3.97. The van der Waals surface area contributed by atoms with Gasteiger partial charge < -0.3 is 9.26 Å². The van der Waals surface area contributed by atoms with Crippen molar-refractivity contribution in [1.82, 2.24) is 29.9 Å². The summed E-state index contributed by atoms with van der Waals surface area (Å²) in [5, 5.41) is 12.3. The summed E-state index contributed by atoms with van der Waals surface area (Å²) in [7, 11) is 1.77. The maximum atomic E-state index is 13.9. The number of ether oxygens (including phenoxy) is 1. The average Bonchev–Trinajstić information content (AvgIpc) is 3.29. The summed E-state index contributed by atoms with van der Waals surface area (Å²) in [6.07, 6.45) is 3.33. The van der Waals surface area contributed by atoms with E-state index in [0.717, 1.165) is 5.56 Å². The predicted molar refractivity (Wildman–Crippen MR) is 93.3 cm³/mol. The van der Waals surface area contributed by atoms with Gasteiger partial charge >= 0.3 is 6.01 Å². The smallest absolute Gasteiger partial charge is 0.317 e. The van der Waals surface area contributed by atoms with Crippen molar-refractivity contribution in [3.8, 4) is 28.9 Å². The molecule has 0 aliphatic heterocycles. The number of halogens is 2. The highest BCUT2D eigenvalue weighted by Gasteiger charge is 2.16. The SMILES string of the molecule is Cn1c(OCc2noc(-c3cc(Cl)ccc3F)n2)nnc1-c1ccncc1. The molecule has 0 saturated carbocycles. The number of pyridine rings is 1. The molecule has 0 spiro atoms. The highest BCUT2D eigenvalue weighted by Crippen LogP contribution is 2.25. The van der Waals surface area contributed by atoms with E-state index in [1.54, 1.807) is 24.0 Å². The van der Waals surface area contributed by atoms with E-state index in [1.165, 1.54) is 18.2 Å². The monoisotopic (exact) mass is 386 g/mol. The van der Waals surface area contributed by atoms with Crippen LogP contribution in [0.15, 0.2) is 47.2 Å². The van der Waals surface area contributed by atoms with Gasteiger partial charge in [-0.1, -0.05) is 21.9 Å². The van der Waals surface area contributed by atoms with Gasteiger partial charge in [-0.2, -0.15) is 4.98 Å². The fraction of sp³-hybridized carbons (Fsp3) is 0.118. The molecule has 1 aromatic carbocycles. The first kappa shape index (κ1) is 17.1. The molecule has 3 heterocycles. The van der Waals surface area contributed by atoms with Crippen molar-refractivity contribution >= 4 is 11.6 Å². The molecule has 4 aromatic rings. The van der Waals surface area contributed by atoms with Gasteiger partial charge in [0.05, 0.1) is 5.56 Å². The van der Waals surface area contributed by atoms with Gasteiger partial charge in [-0.3, -0.25) is 9.55 Å². The number of nitrogens with zero attached hydrogens (tertiary/aromatic N) is 6. The molecule has 3 aromatic heterocycles. The van der Waals surface area contributed by atoms with Gasteiger partial charge in [-0.15, -0.1) is 5.10 Å². The van der Waals surface area contributed by atoms with E-state index < -0.39 is 5.82 Å². The first-order valence-corrected chi connectivity index (χ1v) is 8.20. The van der Waals surface area contributed by atoms with Crippen LogP contribution in [0.5, 0.6) is 6.01 Å². The lowest BCUT2D eigenvalue weighted by Gasteiger charge is -2.03. The molecule has 0 atom stereocenters. The molecule has 0 unspecified atom stereocenters. The van der Waals surface area contributed by atoms with Crippen LogP contribution in [0, 0.1) is 5.82 Å². The van der Waals surface area contributed by atoms with Crippen LogP contribution in [0.1, 0.15) is 5.82 Å². The Kier molecular flexibility index (Phi) is 4.51. The Morgan fingerprint density at radius 3 is 2.81 bits per heavy atom. The van der Waals surface area contributed by atoms with E-state index in [4.69, 9.17) is 20.9 Å². The minimum absolute atomic E-state index is 0.0176. The first-order valence-electron chi connectivity index (χ1n) is 7.82. The summed E-state index contributed by atoms with van der Waals surface area (Å²) in [6, 6.07) is 8.01. The zero-order chi connectivity index (χ0) is 18.8. The molecule has 0 bridgehead atoms. The first-order chi connectivity index (χ1) is 13.1. The molecule has 0 fully saturated rings. The van der Waals surface area contributed by atoms with Crippen LogP contribution in [-0.4, -0.2) is 29.9 Å². The molecule has 0 radical (unpaired) electrons. The largest absolute Gasteiger partial charge is 0.455 e. The number of rotatable bonds is 5. The standard InChI is InChI=1S/C17H12ClFN6O2/c1-25-15(10-4-6-20-7-5-10)22-23-17(25)26-9-14-21-16(27-24-14)12-8-11(18)2-3-13(12)19/h2-8H,9H2,1H3. The lowest BCUT2D eigenvalue weighted by molar-refractivity contribution is 0.256. The van der Waals surface area contributed by atoms with Crippen LogP contribution in [0.3, 0.4) is 0 Å². The summed E-state index contributed by atoms with van der Waals surface area (Å²) < 4.78 is 26.3. The van der Waals surface area contributed by atoms with Crippen molar-refractivity contribution in [1.29, 1.82) is 0 Å². The molecule has 27 heavy (non-hydrogen) atoms. The third kappa shape index (κ3) is 3.49. The van der Waals surface area contributed by atoms with Gasteiger partial charge in [0.15, 0.2) is 12.4 Å². The second kappa shape index (κ2) is 7.12. The lowest BCUT2D eigenvalue weighted by Crippen LogP contribution is -2.03. The molecule has 0 N–H and O–H groups in total. The molecule has 0 amide bonds. The van der Waals surface area contributed by atoms with Crippen LogP contribution >= 0.6 is 11.6 Å². The van der Waals surface area contributed by atoms with Crippen LogP contribution < -0.4 is 4.74 Å². The molecule has 0 aliphatic rings. The highest BCUT2D eigenvalue weighted by atomic mass is 35.5. The number of aromatic nitrogens is 6. The van der Waals surface area contributed by atoms with Gasteiger partial charge in [-0.25, -0.2) is 4.39 Å². The Labute approximate surface area is 157 Å².